The molecule has 0 bridgehead atoms. The zero-order valence-electron chi connectivity index (χ0n) is 20.7. The fourth-order valence-corrected chi connectivity index (χ4v) is 5.06. The quantitative estimate of drug-likeness (QED) is 0.384. The zero-order chi connectivity index (χ0) is 25.7. The molecule has 1 saturated heterocycles. The number of anilines is 1. The molecule has 0 amide bonds. The molecule has 4 rings (SSSR count). The van der Waals surface area contributed by atoms with Gasteiger partial charge in [0.1, 0.15) is 11.4 Å². The molecular weight excluding hydrogens is 497 g/mol. The Morgan fingerprint density at radius 3 is 2.56 bits per heavy atom. The van der Waals surface area contributed by atoms with Crippen LogP contribution in [0.1, 0.15) is 43.3 Å². The van der Waals surface area contributed by atoms with Gasteiger partial charge in [0.05, 0.1) is 41.4 Å². The third kappa shape index (κ3) is 6.31. The normalized spacial score (nSPS) is 18.2. The minimum atomic E-state index is -1.17. The molecule has 0 spiro atoms. The van der Waals surface area contributed by atoms with Gasteiger partial charge in [-0.05, 0) is 55.3 Å². The molecule has 8 heteroatoms. The van der Waals surface area contributed by atoms with Crippen molar-refractivity contribution in [2.24, 2.45) is 0 Å². The highest BCUT2D eigenvalue weighted by Gasteiger charge is 2.34. The van der Waals surface area contributed by atoms with E-state index in [1.165, 1.54) is 0 Å². The SMILES string of the molecule is CCCOc1ccc(N2CCN(C[C@@](C)(O)c3cccc(CO)n3)C[C@H]2c2ccc(Cl)cc2)c(Cl)c1. The third-order valence-electron chi connectivity index (χ3n) is 6.47. The molecule has 0 radical (unpaired) electrons. The van der Waals surface area contributed by atoms with E-state index in [0.29, 0.717) is 41.1 Å². The predicted octanol–water partition coefficient (Wildman–Crippen LogP) is 5.44. The van der Waals surface area contributed by atoms with Crippen LogP contribution in [0, 0.1) is 0 Å². The maximum absolute atomic E-state index is 11.3. The second kappa shape index (κ2) is 11.8. The van der Waals surface area contributed by atoms with Crippen LogP contribution in [-0.4, -0.2) is 52.9 Å². The number of β-amino-alcohol motifs (C(OH)–C–C–N with tert-alkyl or cyclic N) is 1. The molecule has 1 aliphatic rings. The smallest absolute Gasteiger partial charge is 0.120 e. The summed E-state index contributed by atoms with van der Waals surface area (Å²) in [6.45, 7) is 6.88. The van der Waals surface area contributed by atoms with Gasteiger partial charge >= 0.3 is 0 Å². The number of aromatic nitrogens is 1. The molecule has 3 aromatic rings. The van der Waals surface area contributed by atoms with Crippen molar-refractivity contribution in [3.63, 3.8) is 0 Å². The Morgan fingerprint density at radius 1 is 1.08 bits per heavy atom. The maximum Gasteiger partial charge on any atom is 0.120 e. The topological polar surface area (TPSA) is 69.1 Å². The van der Waals surface area contributed by atoms with Crippen LogP contribution in [-0.2, 0) is 12.2 Å². The molecule has 192 valence electrons. The van der Waals surface area contributed by atoms with Crippen LogP contribution < -0.4 is 9.64 Å². The Labute approximate surface area is 223 Å². The molecule has 36 heavy (non-hydrogen) atoms. The van der Waals surface area contributed by atoms with Gasteiger partial charge in [-0.3, -0.25) is 9.88 Å². The van der Waals surface area contributed by atoms with Gasteiger partial charge in [-0.2, -0.15) is 0 Å². The lowest BCUT2D eigenvalue weighted by molar-refractivity contribution is 0.00648. The van der Waals surface area contributed by atoms with Crippen LogP contribution in [0.4, 0.5) is 5.69 Å². The minimum Gasteiger partial charge on any atom is -0.494 e. The number of ether oxygens (including phenoxy) is 1. The number of halogens is 2. The molecule has 2 N–H and O–H groups in total. The van der Waals surface area contributed by atoms with Gasteiger partial charge < -0.3 is 19.8 Å². The predicted molar refractivity (Wildman–Crippen MR) is 145 cm³/mol. The summed E-state index contributed by atoms with van der Waals surface area (Å²) in [6.07, 6.45) is 0.934. The van der Waals surface area contributed by atoms with Gasteiger partial charge in [-0.1, -0.05) is 48.3 Å². The van der Waals surface area contributed by atoms with Crippen LogP contribution in [0.5, 0.6) is 5.75 Å². The van der Waals surface area contributed by atoms with Crippen LogP contribution in [0.2, 0.25) is 10.0 Å². The van der Waals surface area contributed by atoms with Gasteiger partial charge in [-0.15, -0.1) is 0 Å². The largest absolute Gasteiger partial charge is 0.494 e. The van der Waals surface area contributed by atoms with Crippen LogP contribution in [0.15, 0.2) is 60.7 Å². The number of piperazine rings is 1. The standard InChI is InChI=1S/C28H33Cl2N3O3/c1-3-15-36-23-11-12-25(24(30)16-23)33-14-13-32(17-26(33)20-7-9-21(29)10-8-20)19-28(2,35)27-6-4-5-22(18-34)31-27/h4-12,16,26,34-35H,3,13-15,17-19H2,1-2H3/t26-,28+/m0/s1. The molecule has 1 fully saturated rings. The number of hydrogen-bond donors (Lipinski definition) is 2. The molecule has 0 aliphatic carbocycles. The molecule has 2 atom stereocenters. The van der Waals surface area contributed by atoms with Gasteiger partial charge in [0.25, 0.3) is 0 Å². The summed E-state index contributed by atoms with van der Waals surface area (Å²) in [5, 5.41) is 22.1. The first-order chi connectivity index (χ1) is 17.3. The van der Waals surface area contributed by atoms with Crippen molar-refractivity contribution in [3.8, 4) is 5.75 Å². The molecule has 2 heterocycles. The lowest BCUT2D eigenvalue weighted by Gasteiger charge is -2.45. The fourth-order valence-electron chi connectivity index (χ4n) is 4.66. The Kier molecular flexibility index (Phi) is 8.75. The zero-order valence-corrected chi connectivity index (χ0v) is 22.2. The molecule has 6 nitrogen and oxygen atoms in total. The van der Waals surface area contributed by atoms with Crippen molar-refractivity contribution in [2.45, 2.75) is 38.5 Å². The number of rotatable bonds is 9. The summed E-state index contributed by atoms with van der Waals surface area (Å²) < 4.78 is 5.76. The number of aliphatic hydroxyl groups is 2. The summed E-state index contributed by atoms with van der Waals surface area (Å²) in [5.41, 5.74) is 1.98. The number of benzene rings is 2. The summed E-state index contributed by atoms with van der Waals surface area (Å²) >= 11 is 12.9. The second-order valence-electron chi connectivity index (χ2n) is 9.40. The fraction of sp³-hybridized carbons (Fsp3) is 0.393. The van der Waals surface area contributed by atoms with Crippen molar-refractivity contribution >= 4 is 28.9 Å². The van der Waals surface area contributed by atoms with E-state index < -0.39 is 5.60 Å². The number of pyridine rings is 1. The summed E-state index contributed by atoms with van der Waals surface area (Å²) in [7, 11) is 0. The molecule has 2 aromatic carbocycles. The highest BCUT2D eigenvalue weighted by molar-refractivity contribution is 6.33. The average molecular weight is 530 g/mol. The summed E-state index contributed by atoms with van der Waals surface area (Å²) in [6, 6.07) is 19.1. The lowest BCUT2D eigenvalue weighted by Crippen LogP contribution is -2.52. The number of nitrogens with zero attached hydrogens (tertiary/aromatic N) is 3. The van der Waals surface area contributed by atoms with Gasteiger partial charge in [-0.25, -0.2) is 0 Å². The van der Waals surface area contributed by atoms with Gasteiger partial charge in [0, 0.05) is 37.3 Å². The van der Waals surface area contributed by atoms with E-state index in [1.54, 1.807) is 19.1 Å². The minimum absolute atomic E-state index is 0.00321. The second-order valence-corrected chi connectivity index (χ2v) is 10.2. The van der Waals surface area contributed by atoms with E-state index in [4.69, 9.17) is 27.9 Å². The average Bonchev–Trinajstić information content (AvgIpc) is 2.88. The van der Waals surface area contributed by atoms with E-state index >= 15 is 0 Å². The molecular formula is C28H33Cl2N3O3. The summed E-state index contributed by atoms with van der Waals surface area (Å²) in [5.74, 6) is 0.765. The van der Waals surface area contributed by atoms with Crippen molar-refractivity contribution in [1.29, 1.82) is 0 Å². The van der Waals surface area contributed by atoms with Crippen molar-refractivity contribution in [1.82, 2.24) is 9.88 Å². The van der Waals surface area contributed by atoms with E-state index in [1.807, 2.05) is 48.5 Å². The molecule has 0 saturated carbocycles. The van der Waals surface area contributed by atoms with E-state index in [2.05, 4.69) is 21.7 Å². The lowest BCUT2D eigenvalue weighted by atomic mass is 9.97. The van der Waals surface area contributed by atoms with Crippen molar-refractivity contribution in [3.05, 3.63) is 87.7 Å². The molecule has 0 unspecified atom stereocenters. The van der Waals surface area contributed by atoms with E-state index in [-0.39, 0.29) is 12.6 Å². The van der Waals surface area contributed by atoms with E-state index in [9.17, 15) is 10.2 Å². The Morgan fingerprint density at radius 2 is 1.86 bits per heavy atom. The number of hydrogen-bond acceptors (Lipinski definition) is 6. The van der Waals surface area contributed by atoms with Crippen LogP contribution in [0.3, 0.4) is 0 Å². The highest BCUT2D eigenvalue weighted by Crippen LogP contribution is 2.38. The van der Waals surface area contributed by atoms with Gasteiger partial charge in [0.2, 0.25) is 0 Å². The Bertz CT molecular complexity index is 1160. The Hall–Kier alpha value is -2.35. The molecule has 1 aliphatic heterocycles. The molecule has 1 aromatic heterocycles. The van der Waals surface area contributed by atoms with Crippen LogP contribution in [0.25, 0.3) is 0 Å². The van der Waals surface area contributed by atoms with Crippen molar-refractivity contribution < 1.29 is 14.9 Å². The van der Waals surface area contributed by atoms with Crippen LogP contribution >= 0.6 is 23.2 Å². The number of aliphatic hydroxyl groups excluding tert-OH is 1. The first kappa shape index (κ1) is 26.7. The van der Waals surface area contributed by atoms with Crippen molar-refractivity contribution in [2.75, 3.05) is 37.7 Å². The highest BCUT2D eigenvalue weighted by atomic mass is 35.5. The Balaban J connectivity index is 1.59. The van der Waals surface area contributed by atoms with Gasteiger partial charge in [0.15, 0.2) is 0 Å². The first-order valence-corrected chi connectivity index (χ1v) is 13.0. The monoisotopic (exact) mass is 529 g/mol. The van der Waals surface area contributed by atoms with E-state index in [0.717, 1.165) is 36.5 Å². The summed E-state index contributed by atoms with van der Waals surface area (Å²) in [4.78, 5) is 8.99. The maximum atomic E-state index is 11.3. The third-order valence-corrected chi connectivity index (χ3v) is 7.03. The first-order valence-electron chi connectivity index (χ1n) is 12.3.